The molecule has 0 aliphatic carbocycles. The first kappa shape index (κ1) is 18.8. The van der Waals surface area contributed by atoms with Crippen LogP contribution >= 0.6 is 8.86 Å². The Bertz CT molecular complexity index is 1110. The molecule has 1 aromatic carbocycles. The summed E-state index contributed by atoms with van der Waals surface area (Å²) in [6, 6.07) is 7.80. The molecule has 0 aliphatic heterocycles. The Labute approximate surface area is 155 Å². The molecule has 2 heterocycles. The highest BCUT2D eigenvalue weighted by atomic mass is 31.0. The zero-order valence-electron chi connectivity index (χ0n) is 14.6. The van der Waals surface area contributed by atoms with Crippen molar-refractivity contribution in [3.05, 3.63) is 80.0 Å². The Hall–Kier alpha value is -2.96. The molecule has 138 valence electrons. The summed E-state index contributed by atoms with van der Waals surface area (Å²) < 4.78 is 13.1. The summed E-state index contributed by atoms with van der Waals surface area (Å²) >= 11 is 0. The van der Waals surface area contributed by atoms with Crippen LogP contribution in [0.25, 0.3) is 11.3 Å². The second-order valence-electron chi connectivity index (χ2n) is 6.01. The number of aromatic nitrogens is 4. The minimum atomic E-state index is -0.591. The van der Waals surface area contributed by atoms with Crippen molar-refractivity contribution < 1.29 is 4.39 Å². The van der Waals surface area contributed by atoms with Crippen molar-refractivity contribution in [2.45, 2.75) is 19.9 Å². The van der Waals surface area contributed by atoms with E-state index in [1.807, 2.05) is 6.92 Å². The van der Waals surface area contributed by atoms with Crippen LogP contribution in [0.1, 0.15) is 29.8 Å². The second kappa shape index (κ2) is 7.73. The predicted molar refractivity (Wildman–Crippen MR) is 104 cm³/mol. The van der Waals surface area contributed by atoms with Gasteiger partial charge in [0.2, 0.25) is 0 Å². The smallest absolute Gasteiger partial charge is 0.313 e. The summed E-state index contributed by atoms with van der Waals surface area (Å²) in [4.78, 5) is 27.8. The maximum absolute atomic E-state index is 13.1. The van der Waals surface area contributed by atoms with E-state index in [4.69, 9.17) is 0 Å². The van der Waals surface area contributed by atoms with Crippen LogP contribution in [0.3, 0.4) is 0 Å². The SMILES string of the molecule is Cc1nnc(-c2c[nH]c(=O)[nH]c2=O)cc1C(=P)NC(C)c1ccc(F)cc1. The maximum Gasteiger partial charge on any atom is 0.325 e. The number of aryl methyl sites for hydroxylation is 1. The van der Waals surface area contributed by atoms with Crippen molar-refractivity contribution in [3.63, 3.8) is 0 Å². The number of halogens is 1. The maximum atomic E-state index is 13.1. The van der Waals surface area contributed by atoms with Gasteiger partial charge in [0, 0.05) is 23.2 Å². The third-order valence-corrected chi connectivity index (χ3v) is 4.49. The molecule has 1 unspecified atom stereocenters. The Morgan fingerprint density at radius 2 is 1.93 bits per heavy atom. The monoisotopic (exact) mass is 385 g/mol. The molecule has 0 saturated heterocycles. The van der Waals surface area contributed by atoms with E-state index in [0.717, 1.165) is 5.56 Å². The number of aromatic amines is 2. The molecule has 0 radical (unpaired) electrons. The highest BCUT2D eigenvalue weighted by molar-refractivity contribution is 7.22. The van der Waals surface area contributed by atoms with Crippen LogP contribution in [0.5, 0.6) is 0 Å². The molecule has 0 aliphatic rings. The van der Waals surface area contributed by atoms with Crippen LogP contribution in [0.4, 0.5) is 4.39 Å². The lowest BCUT2D eigenvalue weighted by atomic mass is 10.1. The van der Waals surface area contributed by atoms with E-state index in [0.29, 0.717) is 22.4 Å². The number of benzene rings is 1. The lowest BCUT2D eigenvalue weighted by Crippen LogP contribution is -2.27. The fourth-order valence-electron chi connectivity index (χ4n) is 2.57. The van der Waals surface area contributed by atoms with Gasteiger partial charge in [0.25, 0.3) is 5.56 Å². The zero-order chi connectivity index (χ0) is 19.6. The lowest BCUT2D eigenvalue weighted by Gasteiger charge is -2.17. The first-order chi connectivity index (χ1) is 12.8. The Kier molecular flexibility index (Phi) is 5.39. The Morgan fingerprint density at radius 3 is 2.59 bits per heavy atom. The van der Waals surface area contributed by atoms with E-state index in [9.17, 15) is 14.0 Å². The van der Waals surface area contributed by atoms with Gasteiger partial charge < -0.3 is 4.98 Å². The Morgan fingerprint density at radius 1 is 1.22 bits per heavy atom. The van der Waals surface area contributed by atoms with Crippen LogP contribution in [-0.2, 0) is 0 Å². The van der Waals surface area contributed by atoms with Gasteiger partial charge in [-0.2, -0.15) is 5.10 Å². The predicted octanol–water partition coefficient (Wildman–Crippen LogP) is 1.94. The molecule has 0 amide bonds. The molecule has 3 aromatic rings. The molecule has 0 saturated carbocycles. The molecule has 9 heteroatoms. The topological polar surface area (TPSA) is 104 Å². The number of hydrogen-bond donors (Lipinski definition) is 3. The summed E-state index contributed by atoms with van der Waals surface area (Å²) in [7, 11) is 3.57. The highest BCUT2D eigenvalue weighted by Gasteiger charge is 2.14. The second-order valence-corrected chi connectivity index (χ2v) is 6.51. The van der Waals surface area contributed by atoms with Crippen molar-refractivity contribution in [3.8, 4) is 11.3 Å². The molecular formula is C18H17FN5O2P. The van der Waals surface area contributed by atoms with Gasteiger partial charge in [0.05, 0.1) is 11.3 Å². The van der Waals surface area contributed by atoms with Gasteiger partial charge in [0.1, 0.15) is 11.5 Å². The zero-order valence-corrected chi connectivity index (χ0v) is 15.6. The molecule has 3 N–H and O–H groups in total. The third kappa shape index (κ3) is 4.24. The van der Waals surface area contributed by atoms with E-state index in [2.05, 4.69) is 34.3 Å². The van der Waals surface area contributed by atoms with Gasteiger partial charge in [-0.05, 0) is 37.6 Å². The molecule has 0 bridgehead atoms. The number of nitrogens with one attached hydrogen (secondary N) is 3. The van der Waals surface area contributed by atoms with Gasteiger partial charge >= 0.3 is 5.69 Å². The number of nitrogens with zero attached hydrogens (tertiary/aromatic N) is 2. The fraction of sp³-hybridized carbons (Fsp3) is 0.167. The lowest BCUT2D eigenvalue weighted by molar-refractivity contribution is 0.624. The van der Waals surface area contributed by atoms with Crippen molar-refractivity contribution in [1.29, 1.82) is 0 Å². The first-order valence-corrected chi connectivity index (χ1v) is 8.63. The van der Waals surface area contributed by atoms with Gasteiger partial charge in [-0.3, -0.25) is 15.1 Å². The summed E-state index contributed by atoms with van der Waals surface area (Å²) in [6.07, 6.45) is 1.30. The number of rotatable bonds is 5. The van der Waals surface area contributed by atoms with Crippen molar-refractivity contribution in [2.75, 3.05) is 0 Å². The molecule has 1 atom stereocenters. The number of H-pyrrole nitrogens is 2. The Balaban J connectivity index is 1.89. The van der Waals surface area contributed by atoms with Gasteiger partial charge in [-0.25, -0.2) is 9.18 Å². The first-order valence-electron chi connectivity index (χ1n) is 8.13. The van der Waals surface area contributed by atoms with Crippen LogP contribution in [-0.4, -0.2) is 25.6 Å². The molecule has 0 fully saturated rings. The van der Waals surface area contributed by atoms with Crippen molar-refractivity contribution in [1.82, 2.24) is 25.5 Å². The minimum absolute atomic E-state index is 0.106. The van der Waals surface area contributed by atoms with Crippen LogP contribution < -0.4 is 16.6 Å². The molecule has 3 rings (SSSR count). The average Bonchev–Trinajstić information content (AvgIpc) is 2.63. The summed E-state index contributed by atoms with van der Waals surface area (Å²) in [5.74, 6) is -0.293. The third-order valence-electron chi connectivity index (χ3n) is 4.07. The van der Waals surface area contributed by atoms with Gasteiger partial charge in [-0.1, -0.05) is 12.1 Å². The average molecular weight is 385 g/mol. The van der Waals surface area contributed by atoms with Gasteiger partial charge in [-0.15, -0.1) is 14.0 Å². The largest absolute Gasteiger partial charge is 0.325 e. The van der Waals surface area contributed by atoms with Crippen LogP contribution in [0.2, 0.25) is 0 Å². The minimum Gasteiger partial charge on any atom is -0.313 e. The quantitative estimate of drug-likeness (QED) is 0.583. The van der Waals surface area contributed by atoms with E-state index in [1.54, 1.807) is 25.1 Å². The van der Waals surface area contributed by atoms with Crippen LogP contribution in [0.15, 0.2) is 46.1 Å². The van der Waals surface area contributed by atoms with Crippen molar-refractivity contribution >= 4 is 14.3 Å². The molecular weight excluding hydrogens is 368 g/mol. The van der Waals surface area contributed by atoms with E-state index in [1.165, 1.54) is 18.3 Å². The van der Waals surface area contributed by atoms with Crippen molar-refractivity contribution in [2.24, 2.45) is 0 Å². The van der Waals surface area contributed by atoms with E-state index < -0.39 is 11.2 Å². The molecule has 0 spiro atoms. The molecule has 27 heavy (non-hydrogen) atoms. The van der Waals surface area contributed by atoms with E-state index >= 15 is 0 Å². The standard InChI is InChI=1S/C18H17FN5O2P/c1-9(11-3-5-12(19)6-4-11)21-17(27)13-7-15(24-23-10(13)2)14-8-20-18(26)22-16(14)25/h3-9,21,27H,1-2H3,(H2,20,22,25,26). The normalized spacial score (nSPS) is 12.0. The fourth-order valence-corrected chi connectivity index (χ4v) is 3.04. The van der Waals surface area contributed by atoms with Crippen LogP contribution in [0, 0.1) is 12.7 Å². The number of hydrogen-bond acceptors (Lipinski definition) is 4. The highest BCUT2D eigenvalue weighted by Crippen LogP contribution is 2.18. The summed E-state index contributed by atoms with van der Waals surface area (Å²) in [5.41, 5.74) is 2.27. The summed E-state index contributed by atoms with van der Waals surface area (Å²) in [6.45, 7) is 3.72. The molecule has 2 aromatic heterocycles. The summed E-state index contributed by atoms with van der Waals surface area (Å²) in [5, 5.41) is 11.4. The van der Waals surface area contributed by atoms with Gasteiger partial charge in [0.15, 0.2) is 0 Å². The van der Waals surface area contributed by atoms with E-state index in [-0.39, 0.29) is 17.4 Å². The molecule has 7 nitrogen and oxygen atoms in total.